The molecular formula is C11H15N5O. The van der Waals surface area contributed by atoms with Gasteiger partial charge in [0.25, 0.3) is 5.89 Å². The van der Waals surface area contributed by atoms with Crippen molar-refractivity contribution in [3.63, 3.8) is 0 Å². The third kappa shape index (κ3) is 2.08. The highest BCUT2D eigenvalue weighted by atomic mass is 16.5. The molecule has 0 spiro atoms. The first-order valence-electron chi connectivity index (χ1n) is 5.89. The van der Waals surface area contributed by atoms with Gasteiger partial charge in [-0.05, 0) is 32.4 Å². The molecule has 3 rings (SSSR count). The second kappa shape index (κ2) is 4.29. The lowest BCUT2D eigenvalue weighted by atomic mass is 9.96. The molecule has 17 heavy (non-hydrogen) atoms. The van der Waals surface area contributed by atoms with E-state index < -0.39 is 0 Å². The highest BCUT2D eigenvalue weighted by Crippen LogP contribution is 2.24. The fraction of sp³-hybridized carbons (Fsp3) is 0.545. The van der Waals surface area contributed by atoms with E-state index in [-0.39, 0.29) is 0 Å². The summed E-state index contributed by atoms with van der Waals surface area (Å²) in [5.74, 6) is 1.62. The van der Waals surface area contributed by atoms with Crippen LogP contribution in [-0.4, -0.2) is 33.4 Å². The van der Waals surface area contributed by atoms with Gasteiger partial charge in [-0.15, -0.1) is 0 Å². The number of rotatable bonds is 2. The first-order valence-corrected chi connectivity index (χ1v) is 5.89. The van der Waals surface area contributed by atoms with Crippen LogP contribution in [0.1, 0.15) is 30.3 Å². The highest BCUT2D eigenvalue weighted by Gasteiger charge is 2.19. The number of hydrogen-bond donors (Lipinski definition) is 2. The number of nitrogens with zero attached hydrogens (tertiary/aromatic N) is 3. The molecule has 6 heteroatoms. The lowest BCUT2D eigenvalue weighted by Gasteiger charge is -2.20. The number of aryl methyl sites for hydroxylation is 1. The minimum atomic E-state index is 0.480. The van der Waals surface area contributed by atoms with Crippen molar-refractivity contribution in [3.8, 4) is 11.6 Å². The summed E-state index contributed by atoms with van der Waals surface area (Å²) in [7, 11) is 0. The predicted molar refractivity (Wildman–Crippen MR) is 61.5 cm³/mol. The fourth-order valence-corrected chi connectivity index (χ4v) is 2.17. The Morgan fingerprint density at radius 3 is 3.12 bits per heavy atom. The van der Waals surface area contributed by atoms with E-state index >= 15 is 0 Å². The summed E-state index contributed by atoms with van der Waals surface area (Å²) in [6.45, 7) is 3.91. The van der Waals surface area contributed by atoms with E-state index in [9.17, 15) is 0 Å². The number of piperidine rings is 1. The van der Waals surface area contributed by atoms with Gasteiger partial charge in [-0.2, -0.15) is 10.1 Å². The minimum absolute atomic E-state index is 0.480. The van der Waals surface area contributed by atoms with Gasteiger partial charge < -0.3 is 9.84 Å². The molecule has 0 unspecified atom stereocenters. The van der Waals surface area contributed by atoms with Crippen LogP contribution in [0, 0.1) is 6.92 Å². The number of aromatic amines is 1. The number of nitrogens with one attached hydrogen (secondary N) is 2. The van der Waals surface area contributed by atoms with E-state index in [1.807, 2.05) is 6.07 Å². The van der Waals surface area contributed by atoms with E-state index in [1.165, 1.54) is 12.8 Å². The standard InChI is InChI=1S/C11H15N5O/c1-7-13-11(17-16-7)10-5-9(14-15-10)8-3-2-4-12-6-8/h5,8,12H,2-4,6H2,1H3,(H,14,15)/t8-/m1/s1. The maximum Gasteiger partial charge on any atom is 0.278 e. The van der Waals surface area contributed by atoms with Gasteiger partial charge in [0.15, 0.2) is 11.5 Å². The largest absolute Gasteiger partial charge is 0.332 e. The molecule has 2 aromatic rings. The topological polar surface area (TPSA) is 79.6 Å². The smallest absolute Gasteiger partial charge is 0.278 e. The molecule has 1 aliphatic heterocycles. The van der Waals surface area contributed by atoms with Crippen LogP contribution in [0.3, 0.4) is 0 Å². The van der Waals surface area contributed by atoms with Crippen LogP contribution in [0.2, 0.25) is 0 Å². The molecule has 6 nitrogen and oxygen atoms in total. The summed E-state index contributed by atoms with van der Waals surface area (Å²) < 4.78 is 5.09. The first-order chi connectivity index (χ1) is 8.33. The van der Waals surface area contributed by atoms with E-state index in [0.29, 0.717) is 17.6 Å². The van der Waals surface area contributed by atoms with Crippen LogP contribution in [0.15, 0.2) is 10.6 Å². The molecule has 90 valence electrons. The van der Waals surface area contributed by atoms with Crippen LogP contribution in [0.25, 0.3) is 11.6 Å². The Hall–Kier alpha value is -1.69. The third-order valence-electron chi connectivity index (χ3n) is 3.08. The van der Waals surface area contributed by atoms with Gasteiger partial charge in [-0.25, -0.2) is 0 Å². The van der Waals surface area contributed by atoms with Crippen LogP contribution < -0.4 is 5.32 Å². The van der Waals surface area contributed by atoms with Crippen LogP contribution in [0.5, 0.6) is 0 Å². The Morgan fingerprint density at radius 2 is 2.41 bits per heavy atom. The quantitative estimate of drug-likeness (QED) is 0.815. The molecule has 0 aliphatic carbocycles. The molecule has 0 amide bonds. The zero-order chi connectivity index (χ0) is 11.7. The Labute approximate surface area is 98.8 Å². The Kier molecular flexibility index (Phi) is 2.64. The van der Waals surface area contributed by atoms with Crippen molar-refractivity contribution < 1.29 is 4.52 Å². The molecule has 2 aromatic heterocycles. The van der Waals surface area contributed by atoms with Crippen molar-refractivity contribution in [2.24, 2.45) is 0 Å². The number of H-pyrrole nitrogens is 1. The van der Waals surface area contributed by atoms with E-state index in [4.69, 9.17) is 4.52 Å². The fourth-order valence-electron chi connectivity index (χ4n) is 2.17. The number of hydrogen-bond acceptors (Lipinski definition) is 5. The van der Waals surface area contributed by atoms with Gasteiger partial charge in [-0.3, -0.25) is 5.10 Å². The van der Waals surface area contributed by atoms with E-state index in [0.717, 1.165) is 24.5 Å². The first kappa shape index (κ1) is 10.5. The van der Waals surface area contributed by atoms with Gasteiger partial charge in [0.1, 0.15) is 0 Å². The SMILES string of the molecule is Cc1noc(-c2cc([C@@H]3CCCNC3)[nH]n2)n1. The van der Waals surface area contributed by atoms with Crippen molar-refractivity contribution in [1.29, 1.82) is 0 Å². The molecule has 0 saturated carbocycles. The van der Waals surface area contributed by atoms with Gasteiger partial charge in [0.2, 0.25) is 0 Å². The van der Waals surface area contributed by atoms with Gasteiger partial charge >= 0.3 is 0 Å². The van der Waals surface area contributed by atoms with Crippen molar-refractivity contribution in [1.82, 2.24) is 25.7 Å². The normalized spacial score (nSPS) is 20.6. The average Bonchev–Trinajstić information content (AvgIpc) is 2.98. The second-order valence-corrected chi connectivity index (χ2v) is 4.40. The summed E-state index contributed by atoms with van der Waals surface area (Å²) >= 11 is 0. The van der Waals surface area contributed by atoms with E-state index in [1.54, 1.807) is 6.92 Å². The Bertz CT molecular complexity index is 497. The summed E-state index contributed by atoms with van der Waals surface area (Å²) in [4.78, 5) is 4.16. The van der Waals surface area contributed by atoms with Crippen molar-refractivity contribution in [2.75, 3.05) is 13.1 Å². The Balaban J connectivity index is 1.82. The molecule has 1 aliphatic rings. The number of aromatic nitrogens is 4. The van der Waals surface area contributed by atoms with Crippen molar-refractivity contribution in [2.45, 2.75) is 25.7 Å². The molecule has 0 aromatic carbocycles. The van der Waals surface area contributed by atoms with Crippen LogP contribution >= 0.6 is 0 Å². The minimum Gasteiger partial charge on any atom is -0.332 e. The molecule has 2 N–H and O–H groups in total. The predicted octanol–water partition coefficient (Wildman–Crippen LogP) is 1.24. The second-order valence-electron chi connectivity index (χ2n) is 4.40. The van der Waals surface area contributed by atoms with Crippen molar-refractivity contribution >= 4 is 0 Å². The molecule has 3 heterocycles. The van der Waals surface area contributed by atoms with Gasteiger partial charge in [-0.1, -0.05) is 5.16 Å². The van der Waals surface area contributed by atoms with E-state index in [2.05, 4.69) is 25.7 Å². The average molecular weight is 233 g/mol. The third-order valence-corrected chi connectivity index (χ3v) is 3.08. The van der Waals surface area contributed by atoms with Crippen LogP contribution in [-0.2, 0) is 0 Å². The molecule has 0 bridgehead atoms. The Morgan fingerprint density at radius 1 is 1.47 bits per heavy atom. The molecule has 1 saturated heterocycles. The summed E-state index contributed by atoms with van der Waals surface area (Å²) in [5.41, 5.74) is 1.87. The molecule has 1 atom stereocenters. The molecule has 0 radical (unpaired) electrons. The van der Waals surface area contributed by atoms with Crippen LogP contribution in [0.4, 0.5) is 0 Å². The highest BCUT2D eigenvalue weighted by molar-refractivity contribution is 5.47. The summed E-state index contributed by atoms with van der Waals surface area (Å²) in [6, 6.07) is 2.00. The monoisotopic (exact) mass is 233 g/mol. The van der Waals surface area contributed by atoms with Crippen molar-refractivity contribution in [3.05, 3.63) is 17.6 Å². The zero-order valence-corrected chi connectivity index (χ0v) is 9.73. The maximum atomic E-state index is 5.09. The van der Waals surface area contributed by atoms with Gasteiger partial charge in [0, 0.05) is 18.2 Å². The molecule has 1 fully saturated rings. The lowest BCUT2D eigenvalue weighted by molar-refractivity contribution is 0.424. The van der Waals surface area contributed by atoms with Gasteiger partial charge in [0.05, 0.1) is 0 Å². The summed E-state index contributed by atoms with van der Waals surface area (Å²) in [5, 5.41) is 14.4. The maximum absolute atomic E-state index is 5.09. The summed E-state index contributed by atoms with van der Waals surface area (Å²) in [6.07, 6.45) is 2.40. The zero-order valence-electron chi connectivity index (χ0n) is 9.73. The molecular weight excluding hydrogens is 218 g/mol. The lowest BCUT2D eigenvalue weighted by Crippen LogP contribution is -2.28.